The van der Waals surface area contributed by atoms with E-state index < -0.39 is 0 Å². The van der Waals surface area contributed by atoms with Crippen molar-refractivity contribution < 1.29 is 9.84 Å². The van der Waals surface area contributed by atoms with Crippen LogP contribution in [0.1, 0.15) is 26.7 Å². The van der Waals surface area contributed by atoms with Crippen molar-refractivity contribution in [2.24, 2.45) is 0 Å². The molecule has 1 aliphatic carbocycles. The minimum Gasteiger partial charge on any atom is -0.390 e. The third kappa shape index (κ3) is 4.01. The molecule has 0 aromatic carbocycles. The van der Waals surface area contributed by atoms with Crippen LogP contribution in [0.3, 0.4) is 0 Å². The van der Waals surface area contributed by atoms with E-state index in [4.69, 9.17) is 4.74 Å². The average molecular weight is 228 g/mol. The summed E-state index contributed by atoms with van der Waals surface area (Å²) in [6, 6.07) is 0.678. The van der Waals surface area contributed by atoms with Crippen molar-refractivity contribution in [2.45, 2.75) is 51.0 Å². The zero-order valence-electron chi connectivity index (χ0n) is 10.4. The van der Waals surface area contributed by atoms with E-state index in [1.165, 1.54) is 12.8 Å². The molecule has 4 heteroatoms. The molecular weight excluding hydrogens is 204 g/mol. The Bertz CT molecular complexity index is 211. The first-order valence-corrected chi connectivity index (χ1v) is 6.42. The first-order chi connectivity index (χ1) is 7.63. The molecule has 0 bridgehead atoms. The number of aliphatic hydroxyl groups excluding tert-OH is 1. The van der Waals surface area contributed by atoms with E-state index in [0.29, 0.717) is 6.04 Å². The summed E-state index contributed by atoms with van der Waals surface area (Å²) in [6.45, 7) is 7.55. The molecule has 2 aliphatic rings. The van der Waals surface area contributed by atoms with Crippen molar-refractivity contribution in [3.05, 3.63) is 0 Å². The molecule has 1 heterocycles. The molecule has 0 aromatic rings. The molecule has 4 nitrogen and oxygen atoms in total. The highest BCUT2D eigenvalue weighted by Gasteiger charge is 2.25. The average Bonchev–Trinajstić information content (AvgIpc) is 2.96. The molecule has 3 atom stereocenters. The zero-order chi connectivity index (χ0) is 11.5. The van der Waals surface area contributed by atoms with Crippen LogP contribution in [0.5, 0.6) is 0 Å². The molecule has 1 saturated heterocycles. The van der Waals surface area contributed by atoms with Crippen LogP contribution in [-0.4, -0.2) is 60.5 Å². The molecule has 0 unspecified atom stereocenters. The van der Waals surface area contributed by atoms with E-state index in [0.717, 1.165) is 26.2 Å². The second-order valence-electron chi connectivity index (χ2n) is 5.31. The molecule has 2 N–H and O–H groups in total. The van der Waals surface area contributed by atoms with Gasteiger partial charge in [0, 0.05) is 32.2 Å². The van der Waals surface area contributed by atoms with Crippen LogP contribution in [0.15, 0.2) is 0 Å². The summed E-state index contributed by atoms with van der Waals surface area (Å²) in [6.07, 6.45) is 2.87. The molecule has 16 heavy (non-hydrogen) atoms. The highest BCUT2D eigenvalue weighted by Crippen LogP contribution is 2.18. The van der Waals surface area contributed by atoms with Gasteiger partial charge in [-0.3, -0.25) is 4.90 Å². The van der Waals surface area contributed by atoms with Crippen molar-refractivity contribution in [1.29, 1.82) is 0 Å². The second kappa shape index (κ2) is 5.45. The molecular formula is C12H24N2O2. The van der Waals surface area contributed by atoms with Gasteiger partial charge in [-0.05, 0) is 26.7 Å². The van der Waals surface area contributed by atoms with E-state index in [1.807, 2.05) is 0 Å². The van der Waals surface area contributed by atoms with Crippen molar-refractivity contribution >= 4 is 0 Å². The lowest BCUT2D eigenvalue weighted by Gasteiger charge is -2.36. The SMILES string of the molecule is C[C@@H]1CN(C[C@H](O)CNC2CC2)C[C@@H](C)O1. The van der Waals surface area contributed by atoms with Crippen LogP contribution in [0.2, 0.25) is 0 Å². The molecule has 2 rings (SSSR count). The zero-order valence-corrected chi connectivity index (χ0v) is 10.4. The van der Waals surface area contributed by atoms with Gasteiger partial charge in [0.1, 0.15) is 0 Å². The number of hydrogen-bond acceptors (Lipinski definition) is 4. The van der Waals surface area contributed by atoms with Crippen molar-refractivity contribution in [3.8, 4) is 0 Å². The summed E-state index contributed by atoms with van der Waals surface area (Å²) in [5.41, 5.74) is 0. The molecule has 0 amide bonds. The monoisotopic (exact) mass is 228 g/mol. The number of nitrogens with one attached hydrogen (secondary N) is 1. The fourth-order valence-electron chi connectivity index (χ4n) is 2.39. The Hall–Kier alpha value is -0.160. The Labute approximate surface area is 98.0 Å². The van der Waals surface area contributed by atoms with Crippen LogP contribution in [-0.2, 0) is 4.74 Å². The van der Waals surface area contributed by atoms with E-state index in [1.54, 1.807) is 0 Å². The molecule has 1 aliphatic heterocycles. The summed E-state index contributed by atoms with van der Waals surface area (Å²) < 4.78 is 5.67. The molecule has 94 valence electrons. The van der Waals surface area contributed by atoms with Gasteiger partial charge in [0.2, 0.25) is 0 Å². The van der Waals surface area contributed by atoms with Crippen LogP contribution < -0.4 is 5.32 Å². The summed E-state index contributed by atoms with van der Waals surface area (Å²) in [7, 11) is 0. The van der Waals surface area contributed by atoms with Gasteiger partial charge in [-0.15, -0.1) is 0 Å². The summed E-state index contributed by atoms with van der Waals surface area (Å²) in [4.78, 5) is 2.30. The Kier molecular flexibility index (Phi) is 4.19. The normalized spacial score (nSPS) is 33.9. The maximum Gasteiger partial charge on any atom is 0.0791 e. The molecule has 2 fully saturated rings. The summed E-state index contributed by atoms with van der Waals surface area (Å²) in [5, 5.41) is 13.3. The lowest BCUT2D eigenvalue weighted by molar-refractivity contribution is -0.0762. The first-order valence-electron chi connectivity index (χ1n) is 6.42. The van der Waals surface area contributed by atoms with Gasteiger partial charge in [0.15, 0.2) is 0 Å². The quantitative estimate of drug-likeness (QED) is 0.706. The van der Waals surface area contributed by atoms with E-state index in [-0.39, 0.29) is 18.3 Å². The van der Waals surface area contributed by atoms with Crippen LogP contribution >= 0.6 is 0 Å². The maximum atomic E-state index is 9.91. The largest absolute Gasteiger partial charge is 0.390 e. The van der Waals surface area contributed by atoms with Gasteiger partial charge in [-0.25, -0.2) is 0 Å². The molecule has 0 aromatic heterocycles. The third-order valence-electron chi connectivity index (χ3n) is 3.18. The number of nitrogens with zero attached hydrogens (tertiary/aromatic N) is 1. The van der Waals surface area contributed by atoms with E-state index in [2.05, 4.69) is 24.1 Å². The number of hydrogen-bond donors (Lipinski definition) is 2. The highest BCUT2D eigenvalue weighted by atomic mass is 16.5. The first kappa shape index (κ1) is 12.3. The van der Waals surface area contributed by atoms with Gasteiger partial charge in [0.05, 0.1) is 18.3 Å². The lowest BCUT2D eigenvalue weighted by Crippen LogP contribution is -2.49. The maximum absolute atomic E-state index is 9.91. The number of aliphatic hydroxyl groups is 1. The van der Waals surface area contributed by atoms with E-state index >= 15 is 0 Å². The van der Waals surface area contributed by atoms with Crippen LogP contribution in [0, 0.1) is 0 Å². The van der Waals surface area contributed by atoms with Gasteiger partial charge < -0.3 is 15.2 Å². The third-order valence-corrected chi connectivity index (χ3v) is 3.18. The predicted octanol–water partition coefficient (Wildman–Crippen LogP) is 0.209. The van der Waals surface area contributed by atoms with Crippen LogP contribution in [0.4, 0.5) is 0 Å². The number of rotatable bonds is 5. The number of β-amino-alcohol motifs (C(OH)–C–C–N with tert-alkyl or cyclic N) is 1. The van der Waals surface area contributed by atoms with Crippen molar-refractivity contribution in [2.75, 3.05) is 26.2 Å². The minimum absolute atomic E-state index is 0.252. The Balaban J connectivity index is 1.66. The number of morpholine rings is 1. The standard InChI is InChI=1S/C12H24N2O2/c1-9-6-14(7-10(2)16-9)8-12(15)5-13-11-3-4-11/h9-13,15H,3-8H2,1-2H3/t9-,10-,12-/m1/s1. The lowest BCUT2D eigenvalue weighted by atomic mass is 10.2. The Morgan fingerprint density at radius 3 is 2.50 bits per heavy atom. The Morgan fingerprint density at radius 1 is 1.31 bits per heavy atom. The van der Waals surface area contributed by atoms with Crippen LogP contribution in [0.25, 0.3) is 0 Å². The molecule has 1 saturated carbocycles. The van der Waals surface area contributed by atoms with Gasteiger partial charge in [0.25, 0.3) is 0 Å². The number of ether oxygens (including phenoxy) is 1. The van der Waals surface area contributed by atoms with E-state index in [9.17, 15) is 5.11 Å². The highest BCUT2D eigenvalue weighted by molar-refractivity contribution is 4.83. The topological polar surface area (TPSA) is 44.7 Å². The van der Waals surface area contributed by atoms with Gasteiger partial charge >= 0.3 is 0 Å². The van der Waals surface area contributed by atoms with Gasteiger partial charge in [-0.1, -0.05) is 0 Å². The fourth-order valence-corrected chi connectivity index (χ4v) is 2.39. The second-order valence-corrected chi connectivity index (χ2v) is 5.31. The van der Waals surface area contributed by atoms with Crippen molar-refractivity contribution in [3.63, 3.8) is 0 Å². The Morgan fingerprint density at radius 2 is 1.94 bits per heavy atom. The summed E-state index contributed by atoms with van der Waals surface area (Å²) in [5.74, 6) is 0. The minimum atomic E-state index is -0.252. The smallest absolute Gasteiger partial charge is 0.0791 e. The summed E-state index contributed by atoms with van der Waals surface area (Å²) >= 11 is 0. The molecule has 0 spiro atoms. The van der Waals surface area contributed by atoms with Crippen molar-refractivity contribution in [1.82, 2.24) is 10.2 Å². The predicted molar refractivity (Wildman–Crippen MR) is 63.5 cm³/mol. The van der Waals surface area contributed by atoms with Gasteiger partial charge in [-0.2, -0.15) is 0 Å². The fraction of sp³-hybridized carbons (Fsp3) is 1.00. The molecule has 0 radical (unpaired) electrons.